The molecule has 2 aromatic carbocycles. The van der Waals surface area contributed by atoms with Gasteiger partial charge in [-0.2, -0.15) is 0 Å². The summed E-state index contributed by atoms with van der Waals surface area (Å²) in [6.07, 6.45) is 1.15. The fourth-order valence-electron chi connectivity index (χ4n) is 6.14. The van der Waals surface area contributed by atoms with Crippen LogP contribution in [0.4, 0.5) is 4.79 Å². The molecule has 0 aromatic heterocycles. The summed E-state index contributed by atoms with van der Waals surface area (Å²) in [7, 11) is 3.23. The van der Waals surface area contributed by atoms with Crippen molar-refractivity contribution in [1.82, 2.24) is 4.90 Å². The second-order valence-corrected chi connectivity index (χ2v) is 13.5. The Bertz CT molecular complexity index is 1490. The molecular formula is C40H55NO10. The van der Waals surface area contributed by atoms with E-state index in [-0.39, 0.29) is 55.1 Å². The first-order valence-corrected chi connectivity index (χ1v) is 17.8. The van der Waals surface area contributed by atoms with Crippen molar-refractivity contribution in [3.63, 3.8) is 0 Å². The number of carbonyl (C=O) groups is 4. The molecule has 0 N–H and O–H groups in total. The van der Waals surface area contributed by atoms with Crippen LogP contribution in [0, 0.1) is 23.7 Å². The van der Waals surface area contributed by atoms with Crippen molar-refractivity contribution < 1.29 is 47.6 Å². The third-order valence-electron chi connectivity index (χ3n) is 9.05. The predicted octanol–water partition coefficient (Wildman–Crippen LogP) is 6.95. The topological polar surface area (TPSA) is 127 Å². The van der Waals surface area contributed by atoms with E-state index in [1.54, 1.807) is 21.1 Å². The summed E-state index contributed by atoms with van der Waals surface area (Å²) in [6, 6.07) is 14.8. The fourth-order valence-corrected chi connectivity index (χ4v) is 6.14. The molecule has 2 aromatic rings. The van der Waals surface area contributed by atoms with Crippen LogP contribution in [0.25, 0.3) is 0 Å². The molecule has 1 aliphatic heterocycles. The number of carbonyl (C=O) groups excluding carboxylic acids is 4. The Labute approximate surface area is 302 Å². The normalized spacial score (nSPS) is 16.0. The number of amides is 2. The van der Waals surface area contributed by atoms with Crippen molar-refractivity contribution >= 4 is 23.9 Å². The molecule has 0 bridgehead atoms. The number of esters is 2. The van der Waals surface area contributed by atoms with Crippen molar-refractivity contribution in [1.29, 1.82) is 0 Å². The second kappa shape index (κ2) is 20.5. The number of hydrogen-bond donors (Lipinski definition) is 0. The molecule has 11 nitrogen and oxygen atoms in total. The number of nitrogens with zero attached hydrogens (tertiary/aromatic N) is 1. The lowest BCUT2D eigenvalue weighted by atomic mass is 9.82. The van der Waals surface area contributed by atoms with E-state index in [0.717, 1.165) is 17.5 Å². The van der Waals surface area contributed by atoms with E-state index in [0.29, 0.717) is 37.6 Å². The summed E-state index contributed by atoms with van der Waals surface area (Å²) >= 11 is 0. The molecule has 51 heavy (non-hydrogen) atoms. The number of imide groups is 1. The van der Waals surface area contributed by atoms with E-state index in [2.05, 4.69) is 13.8 Å². The molecule has 2 amide bonds. The standard InChI is InChI=1S/C40H55NO10/c1-9-48-39(44)34(23-31(26(2)3)20-30-16-17-35(47-8)37(22-30)49-19-13-18-46-7)36(51-28(6)42)24-33(27(4)5)38(43)41-32(25-50-40(41)45)21-29-14-11-10-12-15-29/h10-12,14-17,22,26-27,31-33H,9,13,18-21,23-25H2,1-8H3. The molecule has 0 saturated carbocycles. The van der Waals surface area contributed by atoms with Gasteiger partial charge in [-0.1, -0.05) is 64.1 Å². The van der Waals surface area contributed by atoms with Crippen LogP contribution in [0.2, 0.25) is 0 Å². The third-order valence-corrected chi connectivity index (χ3v) is 9.05. The first-order chi connectivity index (χ1) is 24.4. The molecule has 1 saturated heterocycles. The minimum Gasteiger partial charge on any atom is -0.493 e. The third kappa shape index (κ3) is 12.1. The number of benzene rings is 2. The largest absolute Gasteiger partial charge is 0.493 e. The lowest BCUT2D eigenvalue weighted by Crippen LogP contribution is -2.45. The maximum atomic E-state index is 14.2. The van der Waals surface area contributed by atoms with Crippen LogP contribution < -0.4 is 9.47 Å². The van der Waals surface area contributed by atoms with Crippen molar-refractivity contribution in [3.8, 4) is 11.5 Å². The van der Waals surface area contributed by atoms with Crippen molar-refractivity contribution in [2.24, 2.45) is 23.7 Å². The highest BCUT2D eigenvalue weighted by atomic mass is 16.6. The van der Waals surface area contributed by atoms with Gasteiger partial charge in [-0.25, -0.2) is 14.5 Å². The maximum absolute atomic E-state index is 14.2. The summed E-state index contributed by atoms with van der Waals surface area (Å²) < 4.78 is 33.3. The van der Waals surface area contributed by atoms with E-state index in [1.807, 2.05) is 62.4 Å². The Kier molecular flexibility index (Phi) is 16.5. The van der Waals surface area contributed by atoms with Crippen molar-refractivity contribution in [3.05, 3.63) is 71.0 Å². The molecule has 1 heterocycles. The zero-order valence-corrected chi connectivity index (χ0v) is 31.4. The minimum absolute atomic E-state index is 0.0720. The minimum atomic E-state index is -0.801. The summed E-state index contributed by atoms with van der Waals surface area (Å²) in [5.41, 5.74) is 2.13. The zero-order valence-electron chi connectivity index (χ0n) is 31.4. The Hall–Kier alpha value is -4.38. The second-order valence-electron chi connectivity index (χ2n) is 13.5. The van der Waals surface area contributed by atoms with Gasteiger partial charge in [0.2, 0.25) is 5.91 Å². The van der Waals surface area contributed by atoms with Crippen molar-refractivity contribution in [2.45, 2.75) is 79.7 Å². The van der Waals surface area contributed by atoms with Gasteiger partial charge >= 0.3 is 18.0 Å². The Balaban J connectivity index is 1.98. The van der Waals surface area contributed by atoms with E-state index < -0.39 is 35.9 Å². The Morgan fingerprint density at radius 1 is 0.922 bits per heavy atom. The summed E-state index contributed by atoms with van der Waals surface area (Å²) in [5.74, 6) is -1.48. The van der Waals surface area contributed by atoms with E-state index >= 15 is 0 Å². The lowest BCUT2D eigenvalue weighted by Gasteiger charge is -2.29. The SMILES string of the molecule is CCOC(=O)C(CC(Cc1ccc(OC)c(OCCCOC)c1)C(C)C)=C(CC(C(=O)N1C(=O)OCC1Cc1ccccc1)C(C)C)OC(C)=O. The van der Waals surface area contributed by atoms with Gasteiger partial charge in [0.1, 0.15) is 12.4 Å². The van der Waals surface area contributed by atoms with E-state index in [1.165, 1.54) is 11.8 Å². The zero-order chi connectivity index (χ0) is 37.5. The average molecular weight is 710 g/mol. The molecule has 1 aliphatic rings. The molecule has 3 unspecified atom stereocenters. The van der Waals surface area contributed by atoms with Gasteiger partial charge in [0.25, 0.3) is 0 Å². The molecular weight excluding hydrogens is 654 g/mol. The molecule has 3 rings (SSSR count). The van der Waals surface area contributed by atoms with Gasteiger partial charge in [-0.3, -0.25) is 9.59 Å². The molecule has 3 atom stereocenters. The summed E-state index contributed by atoms with van der Waals surface area (Å²) in [6.45, 7) is 12.0. The van der Waals surface area contributed by atoms with Crippen LogP contribution in [0.3, 0.4) is 0 Å². The smallest absolute Gasteiger partial charge is 0.416 e. The highest BCUT2D eigenvalue weighted by Crippen LogP contribution is 2.35. The van der Waals surface area contributed by atoms with Gasteiger partial charge in [-0.15, -0.1) is 0 Å². The van der Waals surface area contributed by atoms with Crippen LogP contribution in [0.15, 0.2) is 59.9 Å². The highest BCUT2D eigenvalue weighted by molar-refractivity contribution is 5.95. The number of hydrogen-bond acceptors (Lipinski definition) is 10. The number of methoxy groups -OCH3 is 2. The van der Waals surface area contributed by atoms with Gasteiger partial charge in [0, 0.05) is 39.4 Å². The number of cyclic esters (lactones) is 1. The van der Waals surface area contributed by atoms with Crippen LogP contribution >= 0.6 is 0 Å². The van der Waals surface area contributed by atoms with Gasteiger partial charge < -0.3 is 28.4 Å². The highest BCUT2D eigenvalue weighted by Gasteiger charge is 2.42. The van der Waals surface area contributed by atoms with Gasteiger partial charge in [0.15, 0.2) is 11.5 Å². The summed E-state index contributed by atoms with van der Waals surface area (Å²) in [5, 5.41) is 0. The predicted molar refractivity (Wildman–Crippen MR) is 192 cm³/mol. The van der Waals surface area contributed by atoms with E-state index in [9.17, 15) is 19.2 Å². The molecule has 0 spiro atoms. The molecule has 280 valence electrons. The first kappa shape index (κ1) is 41.0. The van der Waals surface area contributed by atoms with Crippen LogP contribution in [0.5, 0.6) is 11.5 Å². The first-order valence-electron chi connectivity index (χ1n) is 17.8. The monoisotopic (exact) mass is 709 g/mol. The van der Waals surface area contributed by atoms with Crippen LogP contribution in [-0.2, 0) is 46.2 Å². The van der Waals surface area contributed by atoms with Crippen LogP contribution in [0.1, 0.15) is 71.9 Å². The number of ether oxygens (including phenoxy) is 6. The van der Waals surface area contributed by atoms with Gasteiger partial charge in [-0.05, 0) is 67.2 Å². The van der Waals surface area contributed by atoms with Gasteiger partial charge in [0.05, 0.1) is 31.9 Å². The van der Waals surface area contributed by atoms with Crippen molar-refractivity contribution in [2.75, 3.05) is 40.6 Å². The number of rotatable bonds is 20. The average Bonchev–Trinajstić information content (AvgIpc) is 3.45. The Morgan fingerprint density at radius 2 is 1.65 bits per heavy atom. The Morgan fingerprint density at radius 3 is 2.25 bits per heavy atom. The summed E-state index contributed by atoms with van der Waals surface area (Å²) in [4.78, 5) is 54.6. The lowest BCUT2D eigenvalue weighted by molar-refractivity contribution is -0.142. The van der Waals surface area contributed by atoms with Crippen LogP contribution in [-0.4, -0.2) is 75.5 Å². The van der Waals surface area contributed by atoms with E-state index in [4.69, 9.17) is 28.4 Å². The molecule has 11 heteroatoms. The maximum Gasteiger partial charge on any atom is 0.416 e. The molecule has 0 aliphatic carbocycles. The molecule has 1 fully saturated rings. The molecule has 0 radical (unpaired) electrons. The fraction of sp³-hybridized carbons (Fsp3) is 0.550. The quantitative estimate of drug-likeness (QED) is 0.0469. The number of allylic oxidation sites excluding steroid dienone is 1.